The molecule has 0 amide bonds. The van der Waals surface area contributed by atoms with Gasteiger partial charge in [0, 0.05) is 11.3 Å². The molecule has 3 aromatic carbocycles. The van der Waals surface area contributed by atoms with Gasteiger partial charge in [-0.3, -0.25) is 0 Å². The van der Waals surface area contributed by atoms with Crippen LogP contribution in [-0.2, 0) is 5.41 Å². The molecule has 0 saturated carbocycles. The number of hydrogen-bond acceptors (Lipinski definition) is 2. The summed E-state index contributed by atoms with van der Waals surface area (Å²) in [6.07, 6.45) is 8.99. The van der Waals surface area contributed by atoms with Crippen LogP contribution in [0.25, 0.3) is 32.9 Å². The maximum Gasteiger partial charge on any atom is 0.344 e. The van der Waals surface area contributed by atoms with E-state index < -0.39 is 0 Å². The van der Waals surface area contributed by atoms with Gasteiger partial charge in [0.05, 0.1) is 5.39 Å². The lowest BCUT2D eigenvalue weighted by atomic mass is 9.74. The zero-order valence-electron chi connectivity index (χ0n) is 17.1. The summed E-state index contributed by atoms with van der Waals surface area (Å²) in [6.45, 7) is 4.68. The lowest BCUT2D eigenvalue weighted by molar-refractivity contribution is 0.394. The smallest absolute Gasteiger partial charge is 0.344 e. The molecule has 2 unspecified atom stereocenters. The number of benzene rings is 3. The first-order valence-corrected chi connectivity index (χ1v) is 10.5. The molecule has 1 aromatic heterocycles. The third-order valence-electron chi connectivity index (χ3n) is 7.03. The van der Waals surface area contributed by atoms with E-state index in [1.165, 1.54) is 16.7 Å². The molecule has 146 valence electrons. The number of para-hydroxylation sites is 1. The Morgan fingerprint density at radius 1 is 0.833 bits per heavy atom. The molecule has 6 rings (SSSR count). The molecule has 2 atom stereocenters. The van der Waals surface area contributed by atoms with Gasteiger partial charge in [0.1, 0.15) is 5.58 Å². The van der Waals surface area contributed by atoms with Crippen LogP contribution in [0.1, 0.15) is 30.9 Å². The maximum absolute atomic E-state index is 12.8. The van der Waals surface area contributed by atoms with Crippen LogP contribution in [0.4, 0.5) is 0 Å². The van der Waals surface area contributed by atoms with Crippen LogP contribution in [0.2, 0.25) is 0 Å². The molecule has 0 N–H and O–H groups in total. The van der Waals surface area contributed by atoms with Gasteiger partial charge in [-0.25, -0.2) is 4.79 Å². The minimum atomic E-state index is -0.281. The van der Waals surface area contributed by atoms with Crippen molar-refractivity contribution in [1.29, 1.82) is 0 Å². The van der Waals surface area contributed by atoms with Gasteiger partial charge in [-0.2, -0.15) is 0 Å². The Bertz CT molecular complexity index is 1450. The van der Waals surface area contributed by atoms with E-state index in [0.29, 0.717) is 22.8 Å². The molecule has 0 saturated heterocycles. The van der Waals surface area contributed by atoms with E-state index in [1.807, 2.05) is 30.3 Å². The van der Waals surface area contributed by atoms with E-state index in [9.17, 15) is 4.79 Å². The van der Waals surface area contributed by atoms with E-state index >= 15 is 0 Å². The molecule has 2 aliphatic carbocycles. The summed E-state index contributed by atoms with van der Waals surface area (Å²) in [7, 11) is 0. The number of rotatable bonds is 1. The second kappa shape index (κ2) is 6.06. The fourth-order valence-corrected chi connectivity index (χ4v) is 5.54. The molecule has 0 aliphatic heterocycles. The lowest BCUT2D eigenvalue weighted by Crippen LogP contribution is -2.24. The Morgan fingerprint density at radius 3 is 2.57 bits per heavy atom. The normalized spacial score (nSPS) is 21.1. The molecular formula is C28H22O2. The van der Waals surface area contributed by atoms with E-state index in [1.54, 1.807) is 0 Å². The highest BCUT2D eigenvalue weighted by Gasteiger charge is 2.45. The Morgan fingerprint density at radius 2 is 1.67 bits per heavy atom. The average molecular weight is 390 g/mol. The molecule has 30 heavy (non-hydrogen) atoms. The summed E-state index contributed by atoms with van der Waals surface area (Å²) in [5.74, 6) is 0.813. The highest BCUT2D eigenvalue weighted by Crippen LogP contribution is 2.55. The first kappa shape index (κ1) is 17.5. The van der Waals surface area contributed by atoms with Crippen molar-refractivity contribution in [3.05, 3.63) is 107 Å². The zero-order chi connectivity index (χ0) is 20.5. The van der Waals surface area contributed by atoms with Crippen LogP contribution < -0.4 is 5.63 Å². The van der Waals surface area contributed by atoms with E-state index in [2.05, 4.69) is 68.5 Å². The maximum atomic E-state index is 12.8. The van der Waals surface area contributed by atoms with Gasteiger partial charge >= 0.3 is 5.63 Å². The third kappa shape index (κ3) is 2.28. The summed E-state index contributed by atoms with van der Waals surface area (Å²) < 4.78 is 5.60. The van der Waals surface area contributed by atoms with Crippen LogP contribution in [0.3, 0.4) is 0 Å². The summed E-state index contributed by atoms with van der Waals surface area (Å²) in [5.41, 5.74) is 5.49. The summed E-state index contributed by atoms with van der Waals surface area (Å²) in [4.78, 5) is 12.8. The molecular weight excluding hydrogens is 368 g/mol. The Kier molecular flexibility index (Phi) is 3.53. The first-order valence-electron chi connectivity index (χ1n) is 10.5. The van der Waals surface area contributed by atoms with Gasteiger partial charge in [0.25, 0.3) is 0 Å². The fraction of sp³-hybridized carbons (Fsp3) is 0.179. The highest BCUT2D eigenvalue weighted by atomic mass is 16.4. The first-order chi connectivity index (χ1) is 14.6. The van der Waals surface area contributed by atoms with Crippen LogP contribution >= 0.6 is 0 Å². The lowest BCUT2D eigenvalue weighted by Gasteiger charge is -2.29. The van der Waals surface area contributed by atoms with Gasteiger partial charge in [-0.15, -0.1) is 0 Å². The van der Waals surface area contributed by atoms with Gasteiger partial charge in [0.15, 0.2) is 0 Å². The molecule has 2 aliphatic rings. The molecule has 0 bridgehead atoms. The van der Waals surface area contributed by atoms with Crippen molar-refractivity contribution >= 4 is 21.7 Å². The van der Waals surface area contributed by atoms with Gasteiger partial charge in [-0.1, -0.05) is 86.7 Å². The summed E-state index contributed by atoms with van der Waals surface area (Å²) in [6, 6.07) is 20.5. The quantitative estimate of drug-likeness (QED) is 0.266. The second-order valence-corrected chi connectivity index (χ2v) is 8.96. The molecule has 2 heteroatoms. The number of hydrogen-bond donors (Lipinski definition) is 0. The van der Waals surface area contributed by atoms with Gasteiger partial charge < -0.3 is 4.42 Å². The third-order valence-corrected chi connectivity index (χ3v) is 7.03. The monoisotopic (exact) mass is 390 g/mol. The van der Waals surface area contributed by atoms with Crippen LogP contribution in [-0.4, -0.2) is 0 Å². The van der Waals surface area contributed by atoms with Crippen LogP contribution in [0.15, 0.2) is 94.2 Å². The molecule has 0 radical (unpaired) electrons. The minimum absolute atomic E-state index is 0.0728. The SMILES string of the molecule is CC1(C)c2cccc(-c3ccc4c(c3)c(=O)oc3ccccc34)c2C2C=CC=CC21. The zero-order valence-corrected chi connectivity index (χ0v) is 17.1. The summed E-state index contributed by atoms with van der Waals surface area (Å²) in [5, 5.41) is 2.55. The van der Waals surface area contributed by atoms with Crippen LogP contribution in [0, 0.1) is 5.92 Å². The molecule has 2 nitrogen and oxygen atoms in total. The van der Waals surface area contributed by atoms with E-state index in [0.717, 1.165) is 16.3 Å². The average Bonchev–Trinajstić information content (AvgIpc) is 3.01. The predicted molar refractivity (Wildman–Crippen MR) is 123 cm³/mol. The van der Waals surface area contributed by atoms with Crippen molar-refractivity contribution in [1.82, 2.24) is 0 Å². The largest absolute Gasteiger partial charge is 0.422 e. The predicted octanol–water partition coefficient (Wildman–Crippen LogP) is 6.73. The van der Waals surface area contributed by atoms with Gasteiger partial charge in [-0.05, 0) is 51.1 Å². The van der Waals surface area contributed by atoms with E-state index in [4.69, 9.17) is 4.42 Å². The Hall–Kier alpha value is -3.39. The van der Waals surface area contributed by atoms with Gasteiger partial charge in [0.2, 0.25) is 0 Å². The van der Waals surface area contributed by atoms with Crippen molar-refractivity contribution < 1.29 is 4.42 Å². The topological polar surface area (TPSA) is 30.2 Å². The van der Waals surface area contributed by atoms with Crippen molar-refractivity contribution in [2.45, 2.75) is 25.2 Å². The molecule has 0 spiro atoms. The molecule has 0 fully saturated rings. The fourth-order valence-electron chi connectivity index (χ4n) is 5.54. The number of allylic oxidation sites excluding steroid dienone is 4. The van der Waals surface area contributed by atoms with Crippen molar-refractivity contribution in [2.75, 3.05) is 0 Å². The standard InChI is InChI=1S/C28H22O2/c1-28(2)23-11-5-3-9-21(23)26-18(10-7-12-24(26)28)17-14-15-19-20-8-4-6-13-25(20)30-27(29)22(19)16-17/h3-16,21,23H,1-2H3. The number of fused-ring (bicyclic) bond motifs is 6. The van der Waals surface area contributed by atoms with Crippen molar-refractivity contribution in [3.63, 3.8) is 0 Å². The molecule has 4 aromatic rings. The van der Waals surface area contributed by atoms with Crippen molar-refractivity contribution in [3.8, 4) is 11.1 Å². The highest BCUT2D eigenvalue weighted by molar-refractivity contribution is 6.05. The van der Waals surface area contributed by atoms with Crippen molar-refractivity contribution in [2.24, 2.45) is 5.92 Å². The molecule has 1 heterocycles. The minimum Gasteiger partial charge on any atom is -0.422 e. The van der Waals surface area contributed by atoms with E-state index in [-0.39, 0.29) is 11.0 Å². The Balaban J connectivity index is 1.62. The summed E-state index contributed by atoms with van der Waals surface area (Å²) >= 11 is 0. The second-order valence-electron chi connectivity index (χ2n) is 8.96. The van der Waals surface area contributed by atoms with Crippen LogP contribution in [0.5, 0.6) is 0 Å². The Labute approximate surface area is 175 Å².